The number of rotatable bonds is 3. The molecule has 0 spiro atoms. The molecule has 0 aromatic heterocycles. The molecule has 0 saturated carbocycles. The fourth-order valence-electron chi connectivity index (χ4n) is 1.49. The number of amidine groups is 1. The normalized spacial score (nSPS) is 14.3. The van der Waals surface area contributed by atoms with Crippen molar-refractivity contribution in [2.75, 3.05) is 17.6 Å². The lowest BCUT2D eigenvalue weighted by atomic mass is 10.2. The SMILES string of the molecule is N#C/C(=C/NC1=NCCS1)C(=O)Nc1ccc(Cl)cc1Cl. The van der Waals surface area contributed by atoms with Gasteiger partial charge >= 0.3 is 0 Å². The number of amides is 1. The summed E-state index contributed by atoms with van der Waals surface area (Å²) in [5, 5.41) is 15.9. The van der Waals surface area contributed by atoms with Crippen LogP contribution >= 0.6 is 35.0 Å². The number of aliphatic imine (C=N–C) groups is 1. The summed E-state index contributed by atoms with van der Waals surface area (Å²) in [4.78, 5) is 16.2. The van der Waals surface area contributed by atoms with Gasteiger partial charge in [-0.25, -0.2) is 0 Å². The van der Waals surface area contributed by atoms with E-state index in [0.717, 1.165) is 12.3 Å². The third-order valence-electron chi connectivity index (χ3n) is 2.47. The highest BCUT2D eigenvalue weighted by atomic mass is 35.5. The number of nitrogens with zero attached hydrogens (tertiary/aromatic N) is 2. The predicted molar refractivity (Wildman–Crippen MR) is 86.7 cm³/mol. The second-order valence-electron chi connectivity index (χ2n) is 3.93. The third kappa shape index (κ3) is 4.39. The molecular weight excluding hydrogens is 331 g/mol. The quantitative estimate of drug-likeness (QED) is 0.654. The van der Waals surface area contributed by atoms with Crippen LogP contribution < -0.4 is 10.6 Å². The van der Waals surface area contributed by atoms with E-state index in [9.17, 15) is 4.79 Å². The van der Waals surface area contributed by atoms with Crippen molar-refractivity contribution in [1.82, 2.24) is 5.32 Å². The molecule has 1 aliphatic heterocycles. The van der Waals surface area contributed by atoms with Crippen LogP contribution in [-0.4, -0.2) is 23.4 Å². The fourth-order valence-corrected chi connectivity index (χ4v) is 2.64. The van der Waals surface area contributed by atoms with Crippen LogP contribution in [0.1, 0.15) is 0 Å². The molecule has 0 fully saturated rings. The Kier molecular flexibility index (Phi) is 5.51. The molecular formula is C13H10Cl2N4OS. The van der Waals surface area contributed by atoms with Crippen LogP contribution in [-0.2, 0) is 4.79 Å². The Morgan fingerprint density at radius 1 is 1.48 bits per heavy atom. The molecule has 0 bridgehead atoms. The zero-order valence-electron chi connectivity index (χ0n) is 10.7. The summed E-state index contributed by atoms with van der Waals surface area (Å²) in [6.07, 6.45) is 1.33. The maximum Gasteiger partial charge on any atom is 0.267 e. The lowest BCUT2D eigenvalue weighted by Gasteiger charge is -2.07. The summed E-state index contributed by atoms with van der Waals surface area (Å²) >= 11 is 13.3. The molecule has 2 rings (SSSR count). The molecule has 108 valence electrons. The van der Waals surface area contributed by atoms with E-state index in [1.54, 1.807) is 12.1 Å². The average molecular weight is 341 g/mol. The molecule has 0 saturated heterocycles. The van der Waals surface area contributed by atoms with Crippen LogP contribution in [0.5, 0.6) is 0 Å². The van der Waals surface area contributed by atoms with Crippen molar-refractivity contribution in [3.05, 3.63) is 40.0 Å². The number of nitrogens with one attached hydrogen (secondary N) is 2. The summed E-state index contributed by atoms with van der Waals surface area (Å²) in [7, 11) is 0. The maximum absolute atomic E-state index is 12.0. The molecule has 0 aliphatic carbocycles. The molecule has 8 heteroatoms. The topological polar surface area (TPSA) is 77.3 Å². The van der Waals surface area contributed by atoms with Gasteiger partial charge < -0.3 is 10.6 Å². The Hall–Kier alpha value is -1.68. The molecule has 1 aliphatic rings. The van der Waals surface area contributed by atoms with Crippen molar-refractivity contribution in [2.24, 2.45) is 4.99 Å². The minimum absolute atomic E-state index is 0.0729. The van der Waals surface area contributed by atoms with E-state index in [1.807, 2.05) is 6.07 Å². The zero-order chi connectivity index (χ0) is 15.2. The van der Waals surface area contributed by atoms with Crippen molar-refractivity contribution in [1.29, 1.82) is 5.26 Å². The first-order chi connectivity index (χ1) is 10.1. The highest BCUT2D eigenvalue weighted by Gasteiger charge is 2.12. The van der Waals surface area contributed by atoms with E-state index < -0.39 is 5.91 Å². The van der Waals surface area contributed by atoms with Crippen molar-refractivity contribution < 1.29 is 4.79 Å². The lowest BCUT2D eigenvalue weighted by molar-refractivity contribution is -0.112. The van der Waals surface area contributed by atoms with E-state index in [0.29, 0.717) is 20.9 Å². The molecule has 1 amide bonds. The first-order valence-electron chi connectivity index (χ1n) is 5.90. The van der Waals surface area contributed by atoms with Gasteiger partial charge in [-0.1, -0.05) is 35.0 Å². The summed E-state index contributed by atoms with van der Waals surface area (Å²) < 4.78 is 0. The van der Waals surface area contributed by atoms with Gasteiger partial charge in [-0.2, -0.15) is 5.26 Å². The maximum atomic E-state index is 12.0. The number of nitriles is 1. The predicted octanol–water partition coefficient (Wildman–Crippen LogP) is 3.03. The molecule has 1 aromatic rings. The van der Waals surface area contributed by atoms with E-state index in [-0.39, 0.29) is 5.57 Å². The molecule has 1 aromatic carbocycles. The van der Waals surface area contributed by atoms with Crippen LogP contribution in [0.3, 0.4) is 0 Å². The van der Waals surface area contributed by atoms with E-state index in [1.165, 1.54) is 24.0 Å². The fraction of sp³-hybridized carbons (Fsp3) is 0.154. The van der Waals surface area contributed by atoms with Crippen LogP contribution in [0.25, 0.3) is 0 Å². The number of carbonyl (C=O) groups is 1. The molecule has 0 radical (unpaired) electrons. The molecule has 5 nitrogen and oxygen atoms in total. The summed E-state index contributed by atoms with van der Waals surface area (Å²) in [6.45, 7) is 0.731. The third-order valence-corrected chi connectivity index (χ3v) is 3.92. The van der Waals surface area contributed by atoms with E-state index >= 15 is 0 Å². The average Bonchev–Trinajstić information content (AvgIpc) is 2.96. The monoisotopic (exact) mass is 340 g/mol. The smallest absolute Gasteiger partial charge is 0.267 e. The molecule has 0 atom stereocenters. The van der Waals surface area contributed by atoms with Crippen molar-refractivity contribution in [3.8, 4) is 6.07 Å². The number of halogens is 2. The van der Waals surface area contributed by atoms with Crippen LogP contribution in [0.15, 0.2) is 35.0 Å². The number of thioether (sulfide) groups is 1. The number of carbonyl (C=O) groups excluding carboxylic acids is 1. The van der Waals surface area contributed by atoms with Crippen molar-refractivity contribution in [3.63, 3.8) is 0 Å². The first kappa shape index (κ1) is 15.7. The summed E-state index contributed by atoms with van der Waals surface area (Å²) in [6, 6.07) is 6.51. The van der Waals surface area contributed by atoms with Gasteiger partial charge in [-0.3, -0.25) is 9.79 Å². The Morgan fingerprint density at radius 3 is 2.90 bits per heavy atom. The van der Waals surface area contributed by atoms with Crippen LogP contribution in [0, 0.1) is 11.3 Å². The van der Waals surface area contributed by atoms with Gasteiger partial charge in [0.1, 0.15) is 11.6 Å². The zero-order valence-corrected chi connectivity index (χ0v) is 13.0. The summed E-state index contributed by atoms with van der Waals surface area (Å²) in [5.41, 5.74) is 0.316. The Balaban J connectivity index is 2.06. The lowest BCUT2D eigenvalue weighted by Crippen LogP contribution is -2.18. The Bertz CT molecular complexity index is 667. The molecule has 21 heavy (non-hydrogen) atoms. The van der Waals surface area contributed by atoms with Gasteiger partial charge in [0.25, 0.3) is 5.91 Å². The minimum Gasteiger partial charge on any atom is -0.340 e. The number of benzene rings is 1. The second kappa shape index (κ2) is 7.36. The molecule has 2 N–H and O–H groups in total. The van der Waals surface area contributed by atoms with Gasteiger partial charge in [0.2, 0.25) is 0 Å². The van der Waals surface area contributed by atoms with Gasteiger partial charge in [-0.05, 0) is 18.2 Å². The van der Waals surface area contributed by atoms with Gasteiger partial charge in [0.15, 0.2) is 5.17 Å². The van der Waals surface area contributed by atoms with E-state index in [2.05, 4.69) is 15.6 Å². The molecule has 0 unspecified atom stereocenters. The molecule has 1 heterocycles. The highest BCUT2D eigenvalue weighted by Crippen LogP contribution is 2.25. The van der Waals surface area contributed by atoms with Crippen LogP contribution in [0.4, 0.5) is 5.69 Å². The first-order valence-corrected chi connectivity index (χ1v) is 7.65. The van der Waals surface area contributed by atoms with E-state index in [4.69, 9.17) is 28.5 Å². The van der Waals surface area contributed by atoms with Crippen molar-refractivity contribution in [2.45, 2.75) is 0 Å². The van der Waals surface area contributed by atoms with Crippen LogP contribution in [0.2, 0.25) is 10.0 Å². The van der Waals surface area contributed by atoms with Gasteiger partial charge in [0.05, 0.1) is 17.3 Å². The largest absolute Gasteiger partial charge is 0.340 e. The Labute approximate surface area is 136 Å². The van der Waals surface area contributed by atoms with Gasteiger partial charge in [-0.15, -0.1) is 0 Å². The second-order valence-corrected chi connectivity index (χ2v) is 5.86. The number of hydrogen-bond donors (Lipinski definition) is 2. The standard InChI is InChI=1S/C13H10Cl2N4OS/c14-9-1-2-11(10(15)5-9)19-12(20)8(6-16)7-18-13-17-3-4-21-13/h1-2,5,7H,3-4H2,(H,17,18)(H,19,20)/b8-7-. The number of hydrogen-bond acceptors (Lipinski definition) is 5. The highest BCUT2D eigenvalue weighted by molar-refractivity contribution is 8.14. The Morgan fingerprint density at radius 2 is 2.29 bits per heavy atom. The van der Waals surface area contributed by atoms with Gasteiger partial charge in [0, 0.05) is 17.0 Å². The minimum atomic E-state index is -0.558. The van der Waals surface area contributed by atoms with Crippen molar-refractivity contribution >= 4 is 51.7 Å². The summed E-state index contributed by atoms with van der Waals surface area (Å²) in [5.74, 6) is 0.336. The number of anilines is 1.